The number of esters is 1. The summed E-state index contributed by atoms with van der Waals surface area (Å²) >= 11 is 0. The van der Waals surface area contributed by atoms with E-state index in [2.05, 4.69) is 11.9 Å². The summed E-state index contributed by atoms with van der Waals surface area (Å²) < 4.78 is 10.8. The van der Waals surface area contributed by atoms with E-state index in [9.17, 15) is 4.79 Å². The predicted octanol–water partition coefficient (Wildman–Crippen LogP) is 3.99. The molecular weight excluding hydrogens is 266 g/mol. The standard InChI is InChI=1S/C17H25NO3/c1-3-11-20-16-10-9-15(12-18-16)21-17(19)14-7-5-13(4-2)6-8-14/h9-10,12-14H,3-8,11H2,1-2H3. The normalized spacial score (nSPS) is 21.8. The van der Waals surface area contributed by atoms with E-state index in [-0.39, 0.29) is 11.9 Å². The number of hydrogen-bond donors (Lipinski definition) is 0. The van der Waals surface area contributed by atoms with Crippen LogP contribution in [0.2, 0.25) is 0 Å². The first-order chi connectivity index (χ1) is 10.2. The van der Waals surface area contributed by atoms with Crippen LogP contribution in [-0.2, 0) is 4.79 Å². The number of nitrogens with zero attached hydrogens (tertiary/aromatic N) is 1. The number of aromatic nitrogens is 1. The minimum atomic E-state index is -0.117. The first-order valence-electron chi connectivity index (χ1n) is 8.03. The van der Waals surface area contributed by atoms with Crippen LogP contribution in [0.15, 0.2) is 18.3 Å². The second kappa shape index (κ2) is 8.01. The zero-order valence-electron chi connectivity index (χ0n) is 13.0. The minimum absolute atomic E-state index is 0.0452. The molecule has 1 heterocycles. The number of hydrogen-bond acceptors (Lipinski definition) is 4. The Morgan fingerprint density at radius 2 is 2.00 bits per heavy atom. The maximum absolute atomic E-state index is 12.1. The Bertz CT molecular complexity index is 436. The summed E-state index contributed by atoms with van der Waals surface area (Å²) in [6, 6.07) is 3.49. The van der Waals surface area contributed by atoms with Gasteiger partial charge in [0.2, 0.25) is 5.88 Å². The Morgan fingerprint density at radius 3 is 2.57 bits per heavy atom. The maximum atomic E-state index is 12.1. The van der Waals surface area contributed by atoms with Gasteiger partial charge in [0.1, 0.15) is 5.75 Å². The van der Waals surface area contributed by atoms with Crippen LogP contribution in [0.25, 0.3) is 0 Å². The molecule has 0 saturated heterocycles. The Morgan fingerprint density at radius 1 is 1.24 bits per heavy atom. The molecule has 1 aromatic heterocycles. The van der Waals surface area contributed by atoms with Crippen molar-refractivity contribution in [2.75, 3.05) is 6.61 Å². The highest BCUT2D eigenvalue weighted by Gasteiger charge is 2.27. The lowest BCUT2D eigenvalue weighted by Crippen LogP contribution is -2.25. The predicted molar refractivity (Wildman–Crippen MR) is 81.4 cm³/mol. The average Bonchev–Trinajstić information content (AvgIpc) is 2.54. The van der Waals surface area contributed by atoms with E-state index in [1.54, 1.807) is 18.3 Å². The van der Waals surface area contributed by atoms with Crippen molar-refractivity contribution in [3.63, 3.8) is 0 Å². The van der Waals surface area contributed by atoms with Crippen LogP contribution in [0, 0.1) is 11.8 Å². The molecule has 1 saturated carbocycles. The summed E-state index contributed by atoms with van der Waals surface area (Å²) in [4.78, 5) is 16.3. The third kappa shape index (κ3) is 4.73. The molecule has 1 aliphatic carbocycles. The largest absolute Gasteiger partial charge is 0.478 e. The van der Waals surface area contributed by atoms with Crippen LogP contribution in [0.5, 0.6) is 11.6 Å². The number of carbonyl (C=O) groups excluding carboxylic acids is 1. The molecule has 0 radical (unpaired) electrons. The number of carbonyl (C=O) groups is 1. The molecular formula is C17H25NO3. The van der Waals surface area contributed by atoms with E-state index < -0.39 is 0 Å². The summed E-state index contributed by atoms with van der Waals surface area (Å²) in [5, 5.41) is 0. The van der Waals surface area contributed by atoms with E-state index in [0.29, 0.717) is 18.2 Å². The van der Waals surface area contributed by atoms with Gasteiger partial charge >= 0.3 is 5.97 Å². The Hall–Kier alpha value is -1.58. The topological polar surface area (TPSA) is 48.4 Å². The highest BCUT2D eigenvalue weighted by Crippen LogP contribution is 2.31. The van der Waals surface area contributed by atoms with Crippen LogP contribution in [0.3, 0.4) is 0 Å². The number of ether oxygens (including phenoxy) is 2. The lowest BCUT2D eigenvalue weighted by Gasteiger charge is -2.26. The van der Waals surface area contributed by atoms with Gasteiger partial charge in [-0.3, -0.25) is 4.79 Å². The van der Waals surface area contributed by atoms with Crippen molar-refractivity contribution in [1.82, 2.24) is 4.98 Å². The fourth-order valence-corrected chi connectivity index (χ4v) is 2.72. The van der Waals surface area contributed by atoms with Crippen molar-refractivity contribution in [3.8, 4) is 11.6 Å². The molecule has 0 amide bonds. The van der Waals surface area contributed by atoms with Gasteiger partial charge < -0.3 is 9.47 Å². The fraction of sp³-hybridized carbons (Fsp3) is 0.647. The summed E-state index contributed by atoms with van der Waals surface area (Å²) in [5.41, 5.74) is 0. The molecule has 0 bridgehead atoms. The monoisotopic (exact) mass is 291 g/mol. The molecule has 2 rings (SSSR count). The summed E-state index contributed by atoms with van der Waals surface area (Å²) in [5.74, 6) is 1.78. The molecule has 4 heteroatoms. The maximum Gasteiger partial charge on any atom is 0.314 e. The van der Waals surface area contributed by atoms with Gasteiger partial charge in [0.05, 0.1) is 18.7 Å². The van der Waals surface area contributed by atoms with Crippen molar-refractivity contribution in [2.45, 2.75) is 52.4 Å². The van der Waals surface area contributed by atoms with Crippen molar-refractivity contribution in [1.29, 1.82) is 0 Å². The van der Waals surface area contributed by atoms with Crippen molar-refractivity contribution in [2.24, 2.45) is 11.8 Å². The lowest BCUT2D eigenvalue weighted by atomic mass is 9.81. The highest BCUT2D eigenvalue weighted by molar-refractivity contribution is 5.75. The molecule has 116 valence electrons. The lowest BCUT2D eigenvalue weighted by molar-refractivity contribution is -0.140. The van der Waals surface area contributed by atoms with Crippen molar-refractivity contribution < 1.29 is 14.3 Å². The summed E-state index contributed by atoms with van der Waals surface area (Å²) in [6.07, 6.45) is 7.88. The van der Waals surface area contributed by atoms with E-state index >= 15 is 0 Å². The number of pyridine rings is 1. The van der Waals surface area contributed by atoms with Gasteiger partial charge in [-0.05, 0) is 44.1 Å². The second-order valence-corrected chi connectivity index (χ2v) is 5.73. The van der Waals surface area contributed by atoms with E-state index in [0.717, 1.165) is 38.0 Å². The third-order valence-electron chi connectivity index (χ3n) is 4.14. The van der Waals surface area contributed by atoms with Crippen molar-refractivity contribution >= 4 is 5.97 Å². The molecule has 0 N–H and O–H groups in total. The quantitative estimate of drug-likeness (QED) is 0.743. The molecule has 0 spiro atoms. The average molecular weight is 291 g/mol. The van der Waals surface area contributed by atoms with E-state index in [4.69, 9.17) is 9.47 Å². The van der Waals surface area contributed by atoms with Gasteiger partial charge in [-0.15, -0.1) is 0 Å². The van der Waals surface area contributed by atoms with Gasteiger partial charge in [0, 0.05) is 6.07 Å². The molecule has 1 fully saturated rings. The smallest absolute Gasteiger partial charge is 0.314 e. The molecule has 0 unspecified atom stereocenters. The van der Waals surface area contributed by atoms with Gasteiger partial charge in [0.15, 0.2) is 0 Å². The second-order valence-electron chi connectivity index (χ2n) is 5.73. The Kier molecular flexibility index (Phi) is 6.03. The first kappa shape index (κ1) is 15.8. The zero-order valence-corrected chi connectivity index (χ0v) is 13.0. The van der Waals surface area contributed by atoms with E-state index in [1.165, 1.54) is 6.42 Å². The fourth-order valence-electron chi connectivity index (χ4n) is 2.72. The first-order valence-corrected chi connectivity index (χ1v) is 8.03. The minimum Gasteiger partial charge on any atom is -0.478 e. The van der Waals surface area contributed by atoms with Gasteiger partial charge in [-0.25, -0.2) is 4.98 Å². The van der Waals surface area contributed by atoms with E-state index in [1.807, 2.05) is 6.92 Å². The van der Waals surface area contributed by atoms with Crippen LogP contribution in [0.1, 0.15) is 52.4 Å². The van der Waals surface area contributed by atoms with Gasteiger partial charge in [0.25, 0.3) is 0 Å². The zero-order chi connectivity index (χ0) is 15.1. The number of rotatable bonds is 6. The third-order valence-corrected chi connectivity index (χ3v) is 4.14. The summed E-state index contributed by atoms with van der Waals surface area (Å²) in [7, 11) is 0. The Balaban J connectivity index is 1.82. The molecule has 1 aromatic rings. The van der Waals surface area contributed by atoms with Crippen molar-refractivity contribution in [3.05, 3.63) is 18.3 Å². The Labute approximate surface area is 126 Å². The van der Waals surface area contributed by atoms with Crippen LogP contribution < -0.4 is 9.47 Å². The molecule has 0 atom stereocenters. The van der Waals surface area contributed by atoms with Crippen LogP contribution in [0.4, 0.5) is 0 Å². The molecule has 21 heavy (non-hydrogen) atoms. The van der Waals surface area contributed by atoms with Crippen LogP contribution >= 0.6 is 0 Å². The highest BCUT2D eigenvalue weighted by atomic mass is 16.5. The molecule has 0 aromatic carbocycles. The van der Waals surface area contributed by atoms with Gasteiger partial charge in [-0.1, -0.05) is 20.3 Å². The van der Waals surface area contributed by atoms with Crippen LogP contribution in [-0.4, -0.2) is 17.6 Å². The molecule has 0 aliphatic heterocycles. The molecule has 4 nitrogen and oxygen atoms in total. The SMILES string of the molecule is CCCOc1ccc(OC(=O)C2CCC(CC)CC2)cn1. The molecule has 1 aliphatic rings. The summed E-state index contributed by atoms with van der Waals surface area (Å²) in [6.45, 7) is 4.91. The van der Waals surface area contributed by atoms with Gasteiger partial charge in [-0.2, -0.15) is 0 Å².